The summed E-state index contributed by atoms with van der Waals surface area (Å²) in [5.74, 6) is 0.243. The first kappa shape index (κ1) is 14.3. The van der Waals surface area contributed by atoms with Gasteiger partial charge in [-0.2, -0.15) is 0 Å². The molecule has 1 aromatic carbocycles. The number of rotatable bonds is 5. The molecule has 18 heavy (non-hydrogen) atoms. The summed E-state index contributed by atoms with van der Waals surface area (Å²) >= 11 is 5.29. The lowest BCUT2D eigenvalue weighted by atomic mass is 10.1. The highest BCUT2D eigenvalue weighted by atomic mass is 35.5. The highest BCUT2D eigenvalue weighted by Crippen LogP contribution is 2.28. The minimum atomic E-state index is -0.784. The molecule has 1 unspecified atom stereocenters. The number of carbonyl (C=O) groups is 2. The quantitative estimate of drug-likeness (QED) is 0.826. The molecule has 1 atom stereocenters. The van der Waals surface area contributed by atoms with Crippen molar-refractivity contribution in [2.75, 3.05) is 14.2 Å². The van der Waals surface area contributed by atoms with Gasteiger partial charge in [0.15, 0.2) is 0 Å². The van der Waals surface area contributed by atoms with Gasteiger partial charge in [-0.1, -0.05) is 6.07 Å². The second-order valence-corrected chi connectivity index (χ2v) is 3.91. The smallest absolute Gasteiger partial charge is 0.259 e. The summed E-state index contributed by atoms with van der Waals surface area (Å²) in [6, 6.07) is 4.17. The van der Waals surface area contributed by atoms with Crippen LogP contribution >= 0.6 is 11.6 Å². The van der Waals surface area contributed by atoms with Crippen molar-refractivity contribution in [3.8, 4) is 11.5 Å². The molecule has 6 heteroatoms. The summed E-state index contributed by atoms with van der Waals surface area (Å²) in [5, 5.41) is 1.82. The summed E-state index contributed by atoms with van der Waals surface area (Å²) in [4.78, 5) is 22.9. The van der Waals surface area contributed by atoms with Gasteiger partial charge in [-0.25, -0.2) is 0 Å². The molecule has 0 aliphatic carbocycles. The fourth-order valence-corrected chi connectivity index (χ4v) is 1.46. The van der Waals surface area contributed by atoms with Crippen LogP contribution in [0.2, 0.25) is 0 Å². The number of amides is 1. The lowest BCUT2D eigenvalue weighted by Crippen LogP contribution is -2.36. The maximum atomic E-state index is 12.0. The Morgan fingerprint density at radius 1 is 1.22 bits per heavy atom. The molecule has 0 aromatic heterocycles. The molecule has 98 valence electrons. The number of ether oxygens (including phenoxy) is 2. The van der Waals surface area contributed by atoms with Crippen LogP contribution in [-0.4, -0.2) is 31.4 Å². The van der Waals surface area contributed by atoms with Gasteiger partial charge in [0.1, 0.15) is 23.1 Å². The Hall–Kier alpha value is -1.75. The van der Waals surface area contributed by atoms with Crippen LogP contribution in [-0.2, 0) is 4.79 Å². The summed E-state index contributed by atoms with van der Waals surface area (Å²) in [6.45, 7) is 1.50. The van der Waals surface area contributed by atoms with E-state index in [0.29, 0.717) is 11.5 Å². The van der Waals surface area contributed by atoms with Crippen molar-refractivity contribution < 1.29 is 19.1 Å². The third-order valence-electron chi connectivity index (χ3n) is 2.34. The first-order valence-corrected chi connectivity index (χ1v) is 5.60. The van der Waals surface area contributed by atoms with E-state index >= 15 is 0 Å². The highest BCUT2D eigenvalue weighted by molar-refractivity contribution is 6.64. The van der Waals surface area contributed by atoms with Gasteiger partial charge in [0.05, 0.1) is 14.2 Å². The normalized spacial score (nSPS) is 11.6. The molecule has 1 N–H and O–H groups in total. The Kier molecular flexibility index (Phi) is 4.97. The SMILES string of the molecule is COc1cccc(OC)c1C(=O)NC(C)C(=O)Cl. The number of hydrogen-bond acceptors (Lipinski definition) is 4. The zero-order valence-corrected chi connectivity index (χ0v) is 11.1. The zero-order valence-electron chi connectivity index (χ0n) is 10.3. The topological polar surface area (TPSA) is 64.6 Å². The van der Waals surface area contributed by atoms with Gasteiger partial charge in [0.2, 0.25) is 5.24 Å². The molecular formula is C12H14ClNO4. The van der Waals surface area contributed by atoms with Crippen LogP contribution in [0.1, 0.15) is 17.3 Å². The molecule has 1 aromatic rings. The average Bonchev–Trinajstić information content (AvgIpc) is 2.37. The summed E-state index contributed by atoms with van der Waals surface area (Å²) in [5.41, 5.74) is 0.229. The van der Waals surface area contributed by atoms with Crippen LogP contribution in [0.5, 0.6) is 11.5 Å². The fourth-order valence-electron chi connectivity index (χ4n) is 1.40. The van der Waals surface area contributed by atoms with Crippen molar-refractivity contribution in [3.05, 3.63) is 23.8 Å². The minimum absolute atomic E-state index is 0.229. The molecule has 5 nitrogen and oxygen atoms in total. The predicted molar refractivity (Wildman–Crippen MR) is 67.3 cm³/mol. The van der Waals surface area contributed by atoms with E-state index < -0.39 is 17.2 Å². The van der Waals surface area contributed by atoms with E-state index in [0.717, 1.165) is 0 Å². The van der Waals surface area contributed by atoms with Crippen molar-refractivity contribution in [3.63, 3.8) is 0 Å². The van der Waals surface area contributed by atoms with Gasteiger partial charge in [-0.3, -0.25) is 9.59 Å². The lowest BCUT2D eigenvalue weighted by molar-refractivity contribution is -0.113. The monoisotopic (exact) mass is 271 g/mol. The van der Waals surface area contributed by atoms with Crippen LogP contribution in [0.25, 0.3) is 0 Å². The van der Waals surface area contributed by atoms with Gasteiger partial charge < -0.3 is 14.8 Å². The minimum Gasteiger partial charge on any atom is -0.496 e. The fraction of sp³-hybridized carbons (Fsp3) is 0.333. The van der Waals surface area contributed by atoms with Crippen molar-refractivity contribution in [1.29, 1.82) is 0 Å². The number of hydrogen-bond donors (Lipinski definition) is 1. The van der Waals surface area contributed by atoms with Gasteiger partial charge in [0, 0.05) is 0 Å². The Morgan fingerprint density at radius 2 is 1.72 bits per heavy atom. The largest absolute Gasteiger partial charge is 0.496 e. The molecule has 0 aliphatic rings. The van der Waals surface area contributed by atoms with Gasteiger partial charge in [-0.15, -0.1) is 0 Å². The van der Waals surface area contributed by atoms with E-state index in [2.05, 4.69) is 5.32 Å². The number of methoxy groups -OCH3 is 2. The first-order valence-electron chi connectivity index (χ1n) is 5.22. The lowest BCUT2D eigenvalue weighted by Gasteiger charge is -2.14. The van der Waals surface area contributed by atoms with Crippen LogP contribution in [0.4, 0.5) is 0 Å². The van der Waals surface area contributed by atoms with Crippen molar-refractivity contribution >= 4 is 22.8 Å². The Labute approximate surface area is 110 Å². The summed E-state index contributed by atoms with van der Waals surface area (Å²) < 4.78 is 10.2. The number of carbonyl (C=O) groups excluding carboxylic acids is 2. The molecule has 0 heterocycles. The molecule has 0 fully saturated rings. The predicted octanol–water partition coefficient (Wildman–Crippen LogP) is 1.59. The Morgan fingerprint density at radius 3 is 2.11 bits per heavy atom. The second kappa shape index (κ2) is 6.26. The van der Waals surface area contributed by atoms with E-state index in [4.69, 9.17) is 21.1 Å². The molecule has 0 radical (unpaired) electrons. The van der Waals surface area contributed by atoms with E-state index in [1.807, 2.05) is 0 Å². The second-order valence-electron chi connectivity index (χ2n) is 3.54. The molecule has 0 spiro atoms. The third kappa shape index (κ3) is 3.13. The average molecular weight is 272 g/mol. The third-order valence-corrected chi connectivity index (χ3v) is 2.67. The molecule has 0 aliphatic heterocycles. The summed E-state index contributed by atoms with van der Waals surface area (Å²) in [7, 11) is 2.89. The summed E-state index contributed by atoms with van der Waals surface area (Å²) in [6.07, 6.45) is 0. The number of nitrogens with one attached hydrogen (secondary N) is 1. The molecular weight excluding hydrogens is 258 g/mol. The van der Waals surface area contributed by atoms with Crippen molar-refractivity contribution in [2.24, 2.45) is 0 Å². The van der Waals surface area contributed by atoms with Crippen LogP contribution in [0.15, 0.2) is 18.2 Å². The van der Waals surface area contributed by atoms with Crippen molar-refractivity contribution in [1.82, 2.24) is 5.32 Å². The number of benzene rings is 1. The molecule has 0 saturated carbocycles. The maximum Gasteiger partial charge on any atom is 0.259 e. The highest BCUT2D eigenvalue weighted by Gasteiger charge is 2.21. The molecule has 0 bridgehead atoms. The molecule has 1 rings (SSSR count). The van der Waals surface area contributed by atoms with E-state index in [-0.39, 0.29) is 5.56 Å². The van der Waals surface area contributed by atoms with Crippen LogP contribution < -0.4 is 14.8 Å². The van der Waals surface area contributed by atoms with Gasteiger partial charge >= 0.3 is 0 Å². The van der Waals surface area contributed by atoms with Crippen molar-refractivity contribution in [2.45, 2.75) is 13.0 Å². The van der Waals surface area contributed by atoms with E-state index in [9.17, 15) is 9.59 Å². The molecule has 1 amide bonds. The van der Waals surface area contributed by atoms with E-state index in [1.165, 1.54) is 21.1 Å². The molecule has 0 saturated heterocycles. The zero-order chi connectivity index (χ0) is 13.7. The van der Waals surface area contributed by atoms with Crippen LogP contribution in [0.3, 0.4) is 0 Å². The first-order chi connectivity index (χ1) is 8.51. The Balaban J connectivity index is 3.07. The van der Waals surface area contributed by atoms with Crippen LogP contribution in [0, 0.1) is 0 Å². The number of halogens is 1. The maximum absolute atomic E-state index is 12.0. The van der Waals surface area contributed by atoms with E-state index in [1.54, 1.807) is 18.2 Å². The van der Waals surface area contributed by atoms with Gasteiger partial charge in [0.25, 0.3) is 5.91 Å². The standard InChI is InChI=1S/C12H14ClNO4/c1-7(11(13)15)14-12(16)10-8(17-2)5-4-6-9(10)18-3/h4-7H,1-3H3,(H,14,16). The Bertz CT molecular complexity index is 439. The van der Waals surface area contributed by atoms with Gasteiger partial charge in [-0.05, 0) is 30.7 Å².